The van der Waals surface area contributed by atoms with E-state index in [-0.39, 0.29) is 0 Å². The van der Waals surface area contributed by atoms with Crippen molar-refractivity contribution in [2.75, 3.05) is 11.9 Å². The highest BCUT2D eigenvalue weighted by Gasteiger charge is 2.29. The minimum Gasteiger partial charge on any atom is -0.378 e. The van der Waals surface area contributed by atoms with Gasteiger partial charge in [-0.1, -0.05) is 22.9 Å². The normalized spacial score (nSPS) is 23.0. The van der Waals surface area contributed by atoms with Crippen LogP contribution in [0, 0.1) is 0 Å². The first-order chi connectivity index (χ1) is 8.74. The molecule has 0 saturated heterocycles. The Kier molecular flexibility index (Phi) is 3.41. The number of nitrogens with one attached hydrogen (secondary N) is 1. The molecule has 0 atom stereocenters. The van der Waals surface area contributed by atoms with Crippen molar-refractivity contribution in [2.45, 2.75) is 31.9 Å². The van der Waals surface area contributed by atoms with Crippen LogP contribution in [0.1, 0.15) is 19.8 Å². The van der Waals surface area contributed by atoms with Crippen molar-refractivity contribution < 1.29 is 4.74 Å². The molecule has 0 radical (unpaired) electrons. The minimum atomic E-state index is 0.427. The lowest BCUT2D eigenvalue weighted by atomic mass is 9.89. The van der Waals surface area contributed by atoms with Gasteiger partial charge in [-0.3, -0.25) is 0 Å². The first-order valence-corrected chi connectivity index (χ1v) is 7.38. The van der Waals surface area contributed by atoms with Crippen LogP contribution >= 0.6 is 22.9 Å². The van der Waals surface area contributed by atoms with E-state index in [9.17, 15) is 0 Å². The van der Waals surface area contributed by atoms with E-state index >= 15 is 0 Å². The van der Waals surface area contributed by atoms with Gasteiger partial charge in [0.05, 0.1) is 16.3 Å². The summed E-state index contributed by atoms with van der Waals surface area (Å²) >= 11 is 7.62. The lowest BCUT2D eigenvalue weighted by Gasteiger charge is -2.35. The fourth-order valence-corrected chi connectivity index (χ4v) is 3.41. The molecule has 0 aliphatic heterocycles. The van der Waals surface area contributed by atoms with E-state index in [0.29, 0.717) is 12.1 Å². The van der Waals surface area contributed by atoms with Crippen LogP contribution in [0.5, 0.6) is 0 Å². The zero-order valence-electron chi connectivity index (χ0n) is 10.1. The Morgan fingerprint density at radius 3 is 3.11 bits per heavy atom. The molecule has 2 aromatic rings. The Labute approximate surface area is 115 Å². The fourth-order valence-electron chi connectivity index (χ4n) is 2.19. The van der Waals surface area contributed by atoms with E-state index in [1.54, 1.807) is 11.3 Å². The van der Waals surface area contributed by atoms with Gasteiger partial charge >= 0.3 is 0 Å². The Hall–Kier alpha value is -0.840. The van der Waals surface area contributed by atoms with Gasteiger partial charge in [-0.05, 0) is 38.0 Å². The first-order valence-electron chi connectivity index (χ1n) is 6.19. The zero-order valence-corrected chi connectivity index (χ0v) is 11.7. The number of ether oxygens (including phenoxy) is 1. The van der Waals surface area contributed by atoms with E-state index in [2.05, 4.69) is 10.3 Å². The smallest absolute Gasteiger partial charge is 0.184 e. The molecular formula is C13H15ClN2OS. The molecule has 1 saturated carbocycles. The van der Waals surface area contributed by atoms with Gasteiger partial charge in [-0.15, -0.1) is 0 Å². The first kappa shape index (κ1) is 12.2. The Morgan fingerprint density at radius 2 is 2.33 bits per heavy atom. The number of fused-ring (bicyclic) bond motifs is 1. The highest BCUT2D eigenvalue weighted by atomic mass is 35.5. The monoisotopic (exact) mass is 282 g/mol. The molecule has 1 fully saturated rings. The van der Waals surface area contributed by atoms with Crippen LogP contribution < -0.4 is 5.32 Å². The van der Waals surface area contributed by atoms with E-state index in [1.807, 2.05) is 25.1 Å². The van der Waals surface area contributed by atoms with Crippen LogP contribution in [0.4, 0.5) is 5.13 Å². The minimum absolute atomic E-state index is 0.427. The fraction of sp³-hybridized carbons (Fsp3) is 0.462. The number of aromatic nitrogens is 1. The topological polar surface area (TPSA) is 34.1 Å². The summed E-state index contributed by atoms with van der Waals surface area (Å²) in [4.78, 5) is 4.55. The quantitative estimate of drug-likeness (QED) is 0.923. The standard InChI is InChI=1S/C13H15ClN2OS/c1-2-17-10-6-9(7-10)15-13-16-11-4-3-8(14)5-12(11)18-13/h3-5,9-10H,2,6-7H2,1H3,(H,15,16). The molecule has 1 aromatic heterocycles. The van der Waals surface area contributed by atoms with Gasteiger partial charge in [-0.2, -0.15) is 0 Å². The van der Waals surface area contributed by atoms with Gasteiger partial charge in [0.25, 0.3) is 0 Å². The maximum absolute atomic E-state index is 5.97. The number of anilines is 1. The van der Waals surface area contributed by atoms with E-state index < -0.39 is 0 Å². The summed E-state index contributed by atoms with van der Waals surface area (Å²) in [5.74, 6) is 0. The molecule has 1 N–H and O–H groups in total. The van der Waals surface area contributed by atoms with Gasteiger partial charge in [0.15, 0.2) is 5.13 Å². The molecule has 5 heteroatoms. The largest absolute Gasteiger partial charge is 0.378 e. The summed E-state index contributed by atoms with van der Waals surface area (Å²) in [5, 5.41) is 5.20. The van der Waals surface area contributed by atoms with Gasteiger partial charge in [0.1, 0.15) is 0 Å². The molecule has 0 unspecified atom stereocenters. The summed E-state index contributed by atoms with van der Waals surface area (Å²) in [7, 11) is 0. The third-order valence-corrected chi connectivity index (χ3v) is 4.36. The third kappa shape index (κ3) is 2.46. The molecule has 3 rings (SSSR count). The molecule has 1 aliphatic rings. The van der Waals surface area contributed by atoms with Crippen molar-refractivity contribution in [3.05, 3.63) is 23.2 Å². The average molecular weight is 283 g/mol. The summed E-state index contributed by atoms with van der Waals surface area (Å²) in [5.41, 5.74) is 1.01. The van der Waals surface area contributed by atoms with E-state index in [0.717, 1.165) is 39.8 Å². The van der Waals surface area contributed by atoms with Crippen LogP contribution in [0.3, 0.4) is 0 Å². The molecule has 1 aliphatic carbocycles. The summed E-state index contributed by atoms with van der Waals surface area (Å²) in [6.45, 7) is 2.84. The Morgan fingerprint density at radius 1 is 1.50 bits per heavy atom. The summed E-state index contributed by atoms with van der Waals surface area (Å²) < 4.78 is 6.68. The number of hydrogen-bond acceptors (Lipinski definition) is 4. The van der Waals surface area contributed by atoms with Gasteiger partial charge in [0, 0.05) is 17.7 Å². The zero-order chi connectivity index (χ0) is 12.5. The molecule has 1 heterocycles. The predicted octanol–water partition coefficient (Wildman–Crippen LogP) is 3.93. The number of hydrogen-bond donors (Lipinski definition) is 1. The second kappa shape index (κ2) is 5.03. The van der Waals surface area contributed by atoms with Crippen molar-refractivity contribution in [3.8, 4) is 0 Å². The lowest BCUT2D eigenvalue weighted by molar-refractivity contribution is 0.00299. The van der Waals surface area contributed by atoms with Crippen LogP contribution in [0.15, 0.2) is 18.2 Å². The average Bonchev–Trinajstić information content (AvgIpc) is 2.68. The van der Waals surface area contributed by atoms with Gasteiger partial charge in [0.2, 0.25) is 0 Å². The Bertz CT molecular complexity index is 551. The van der Waals surface area contributed by atoms with E-state index in [1.165, 1.54) is 0 Å². The molecular weight excluding hydrogens is 268 g/mol. The number of thiazole rings is 1. The number of nitrogens with zero attached hydrogens (tertiary/aromatic N) is 1. The van der Waals surface area contributed by atoms with Crippen LogP contribution in [-0.4, -0.2) is 23.7 Å². The maximum atomic E-state index is 5.97. The summed E-state index contributed by atoms with van der Waals surface area (Å²) in [6, 6.07) is 6.30. The highest BCUT2D eigenvalue weighted by Crippen LogP contribution is 2.32. The molecule has 0 spiro atoms. The molecule has 0 bridgehead atoms. The second-order valence-electron chi connectivity index (χ2n) is 4.52. The second-order valence-corrected chi connectivity index (χ2v) is 5.99. The van der Waals surface area contributed by atoms with Gasteiger partial charge < -0.3 is 10.1 Å². The maximum Gasteiger partial charge on any atom is 0.184 e. The van der Waals surface area contributed by atoms with Crippen molar-refractivity contribution in [1.29, 1.82) is 0 Å². The SMILES string of the molecule is CCOC1CC(Nc2nc3ccc(Cl)cc3s2)C1. The molecule has 3 nitrogen and oxygen atoms in total. The van der Waals surface area contributed by atoms with Crippen molar-refractivity contribution in [1.82, 2.24) is 4.98 Å². The molecule has 96 valence electrons. The Balaban J connectivity index is 1.65. The van der Waals surface area contributed by atoms with E-state index in [4.69, 9.17) is 16.3 Å². The molecule has 0 amide bonds. The predicted molar refractivity (Wildman–Crippen MR) is 76.7 cm³/mol. The number of benzene rings is 1. The highest BCUT2D eigenvalue weighted by molar-refractivity contribution is 7.22. The molecule has 18 heavy (non-hydrogen) atoms. The van der Waals surface area contributed by atoms with Crippen LogP contribution in [0.2, 0.25) is 5.02 Å². The number of halogens is 1. The van der Waals surface area contributed by atoms with Crippen molar-refractivity contribution in [3.63, 3.8) is 0 Å². The van der Waals surface area contributed by atoms with Crippen LogP contribution in [0.25, 0.3) is 10.2 Å². The molecule has 1 aromatic carbocycles. The van der Waals surface area contributed by atoms with Crippen LogP contribution in [-0.2, 0) is 4.74 Å². The van der Waals surface area contributed by atoms with Crippen molar-refractivity contribution in [2.24, 2.45) is 0 Å². The van der Waals surface area contributed by atoms with Crippen molar-refractivity contribution >= 4 is 38.3 Å². The lowest BCUT2D eigenvalue weighted by Crippen LogP contribution is -2.40. The summed E-state index contributed by atoms with van der Waals surface area (Å²) in [6.07, 6.45) is 2.58. The number of rotatable bonds is 4. The van der Waals surface area contributed by atoms with Gasteiger partial charge in [-0.25, -0.2) is 4.98 Å². The third-order valence-electron chi connectivity index (χ3n) is 3.18.